The van der Waals surface area contributed by atoms with Gasteiger partial charge in [-0.3, -0.25) is 5.01 Å². The predicted molar refractivity (Wildman–Crippen MR) is 97.8 cm³/mol. The number of para-hydroxylation sites is 1. The number of hydrazine groups is 1. The van der Waals surface area contributed by atoms with E-state index < -0.39 is 0 Å². The first-order valence-corrected chi connectivity index (χ1v) is 9.33. The maximum absolute atomic E-state index is 6.23. The van der Waals surface area contributed by atoms with Crippen molar-refractivity contribution in [1.82, 2.24) is 10.3 Å². The molecule has 0 amide bonds. The molecule has 2 aliphatic heterocycles. The fraction of sp³-hybridized carbons (Fsp3) is 0.333. The zero-order valence-electron chi connectivity index (χ0n) is 13.0. The first-order valence-electron chi connectivity index (χ1n) is 8.14. The number of likely N-dealkylation sites (tertiary alicyclic amines) is 1. The summed E-state index contributed by atoms with van der Waals surface area (Å²) in [5.74, 6) is 0. The highest BCUT2D eigenvalue weighted by Gasteiger charge is 2.23. The van der Waals surface area contributed by atoms with Crippen LogP contribution in [0.2, 0.25) is 5.02 Å². The Hall–Kier alpha value is -1.20. The number of fused-ring (bicyclic) bond motifs is 2. The molecule has 0 radical (unpaired) electrons. The summed E-state index contributed by atoms with van der Waals surface area (Å²) in [4.78, 5) is 5.04. The molecular formula is C18H20ClN3S. The van der Waals surface area contributed by atoms with Crippen molar-refractivity contribution in [3.05, 3.63) is 47.5 Å². The van der Waals surface area contributed by atoms with Gasteiger partial charge in [0.2, 0.25) is 0 Å². The Morgan fingerprint density at radius 1 is 1.00 bits per heavy atom. The van der Waals surface area contributed by atoms with Crippen LogP contribution in [0.1, 0.15) is 12.8 Å². The normalized spacial score (nSPS) is 17.2. The summed E-state index contributed by atoms with van der Waals surface area (Å²) >= 11 is 8.04. The van der Waals surface area contributed by atoms with Gasteiger partial charge in [-0.2, -0.15) is 0 Å². The third-order valence-corrected chi connectivity index (χ3v) is 5.75. The standard InChI is InChI=1S/C18H20ClN3S/c19-14-7-8-18-16(13-14)22(15-5-1-2-6-17(15)23-18)20-9-12-21-10-3-4-11-21/h1-2,5-8,13,20H,3-4,9-12H2. The summed E-state index contributed by atoms with van der Waals surface area (Å²) in [5.41, 5.74) is 5.95. The maximum atomic E-state index is 6.23. The molecule has 120 valence electrons. The van der Waals surface area contributed by atoms with Gasteiger partial charge in [-0.1, -0.05) is 35.5 Å². The molecule has 5 heteroatoms. The average Bonchev–Trinajstić information content (AvgIpc) is 3.08. The van der Waals surface area contributed by atoms with Crippen LogP contribution < -0.4 is 10.4 Å². The van der Waals surface area contributed by atoms with Crippen molar-refractivity contribution in [2.75, 3.05) is 31.2 Å². The lowest BCUT2D eigenvalue weighted by Crippen LogP contribution is -2.40. The van der Waals surface area contributed by atoms with E-state index in [0.29, 0.717) is 0 Å². The Kier molecular flexibility index (Phi) is 4.49. The van der Waals surface area contributed by atoms with Crippen LogP contribution in [-0.4, -0.2) is 31.1 Å². The van der Waals surface area contributed by atoms with Gasteiger partial charge < -0.3 is 4.90 Å². The number of halogens is 1. The average molecular weight is 346 g/mol. The van der Waals surface area contributed by atoms with Crippen LogP contribution in [0.25, 0.3) is 0 Å². The third-order valence-electron chi connectivity index (χ3n) is 4.38. The molecule has 1 fully saturated rings. The summed E-state index contributed by atoms with van der Waals surface area (Å²) < 4.78 is 0. The molecule has 2 aromatic carbocycles. The molecule has 0 atom stereocenters. The number of anilines is 2. The first-order chi connectivity index (χ1) is 11.3. The van der Waals surface area contributed by atoms with Gasteiger partial charge in [0.05, 0.1) is 11.4 Å². The quantitative estimate of drug-likeness (QED) is 0.876. The largest absolute Gasteiger partial charge is 0.302 e. The van der Waals surface area contributed by atoms with Crippen LogP contribution in [0.4, 0.5) is 11.4 Å². The number of nitrogens with zero attached hydrogens (tertiary/aromatic N) is 2. The van der Waals surface area contributed by atoms with E-state index in [1.54, 1.807) is 11.8 Å². The number of hydrogen-bond acceptors (Lipinski definition) is 4. The second-order valence-corrected chi connectivity index (χ2v) is 7.49. The topological polar surface area (TPSA) is 18.5 Å². The van der Waals surface area contributed by atoms with Crippen LogP contribution in [0.5, 0.6) is 0 Å². The van der Waals surface area contributed by atoms with Crippen molar-refractivity contribution in [3.8, 4) is 0 Å². The second kappa shape index (κ2) is 6.73. The van der Waals surface area contributed by atoms with Crippen molar-refractivity contribution in [2.45, 2.75) is 22.6 Å². The molecule has 0 saturated carbocycles. The highest BCUT2D eigenvalue weighted by atomic mass is 35.5. The van der Waals surface area contributed by atoms with Crippen LogP contribution in [0, 0.1) is 0 Å². The van der Waals surface area contributed by atoms with Crippen molar-refractivity contribution in [1.29, 1.82) is 0 Å². The van der Waals surface area contributed by atoms with Crippen molar-refractivity contribution in [2.24, 2.45) is 0 Å². The maximum Gasteiger partial charge on any atom is 0.0732 e. The highest BCUT2D eigenvalue weighted by molar-refractivity contribution is 7.99. The van der Waals surface area contributed by atoms with Gasteiger partial charge >= 0.3 is 0 Å². The van der Waals surface area contributed by atoms with Crippen LogP contribution in [0.3, 0.4) is 0 Å². The number of hydrogen-bond donors (Lipinski definition) is 1. The molecule has 1 saturated heterocycles. The Morgan fingerprint density at radius 3 is 2.65 bits per heavy atom. The molecular weight excluding hydrogens is 326 g/mol. The Morgan fingerprint density at radius 2 is 1.78 bits per heavy atom. The lowest BCUT2D eigenvalue weighted by atomic mass is 10.2. The number of rotatable bonds is 4. The highest BCUT2D eigenvalue weighted by Crippen LogP contribution is 2.47. The Balaban J connectivity index is 1.57. The Bertz CT molecular complexity index is 700. The van der Waals surface area contributed by atoms with Gasteiger partial charge in [0.25, 0.3) is 0 Å². The lowest BCUT2D eigenvalue weighted by molar-refractivity contribution is 0.336. The van der Waals surface area contributed by atoms with Gasteiger partial charge in [0.15, 0.2) is 0 Å². The van der Waals surface area contributed by atoms with Gasteiger partial charge in [0, 0.05) is 27.9 Å². The minimum absolute atomic E-state index is 0.773. The molecule has 0 bridgehead atoms. The van der Waals surface area contributed by atoms with E-state index in [1.807, 2.05) is 12.1 Å². The second-order valence-electron chi connectivity index (χ2n) is 5.97. The summed E-state index contributed by atoms with van der Waals surface area (Å²) in [6, 6.07) is 14.6. The molecule has 2 heterocycles. The first kappa shape index (κ1) is 15.3. The molecule has 2 aliphatic rings. The van der Waals surface area contributed by atoms with E-state index in [2.05, 4.69) is 45.7 Å². The van der Waals surface area contributed by atoms with Gasteiger partial charge in [-0.05, 0) is 56.3 Å². The third kappa shape index (κ3) is 3.22. The smallest absolute Gasteiger partial charge is 0.0732 e. The van der Waals surface area contributed by atoms with Crippen molar-refractivity contribution >= 4 is 34.7 Å². The minimum Gasteiger partial charge on any atom is -0.302 e. The molecule has 23 heavy (non-hydrogen) atoms. The zero-order valence-corrected chi connectivity index (χ0v) is 14.5. The predicted octanol–water partition coefficient (Wildman–Crippen LogP) is 4.54. The van der Waals surface area contributed by atoms with Crippen LogP contribution >= 0.6 is 23.4 Å². The SMILES string of the molecule is Clc1ccc2c(c1)N(NCCN1CCCC1)c1ccccc1S2. The molecule has 0 aliphatic carbocycles. The molecule has 1 N–H and O–H groups in total. The van der Waals surface area contributed by atoms with Gasteiger partial charge in [-0.15, -0.1) is 0 Å². The molecule has 0 spiro atoms. The van der Waals surface area contributed by atoms with E-state index in [-0.39, 0.29) is 0 Å². The molecule has 4 rings (SSSR count). The lowest BCUT2D eigenvalue weighted by Gasteiger charge is -2.33. The Labute approximate surface area is 146 Å². The van der Waals surface area contributed by atoms with E-state index in [0.717, 1.165) is 23.8 Å². The van der Waals surface area contributed by atoms with Crippen LogP contribution in [-0.2, 0) is 0 Å². The van der Waals surface area contributed by atoms with Crippen molar-refractivity contribution < 1.29 is 0 Å². The summed E-state index contributed by atoms with van der Waals surface area (Å²) in [7, 11) is 0. The fourth-order valence-electron chi connectivity index (χ4n) is 3.22. The van der Waals surface area contributed by atoms with E-state index >= 15 is 0 Å². The minimum atomic E-state index is 0.773. The van der Waals surface area contributed by atoms with E-state index in [1.165, 1.54) is 41.4 Å². The molecule has 0 aromatic heterocycles. The van der Waals surface area contributed by atoms with Gasteiger partial charge in [0.1, 0.15) is 0 Å². The molecule has 3 nitrogen and oxygen atoms in total. The van der Waals surface area contributed by atoms with E-state index in [4.69, 9.17) is 11.6 Å². The van der Waals surface area contributed by atoms with E-state index in [9.17, 15) is 0 Å². The summed E-state index contributed by atoms with van der Waals surface area (Å²) in [6.45, 7) is 4.49. The van der Waals surface area contributed by atoms with Crippen LogP contribution in [0.15, 0.2) is 52.3 Å². The zero-order chi connectivity index (χ0) is 15.6. The monoisotopic (exact) mass is 345 g/mol. The number of benzene rings is 2. The number of nitrogens with one attached hydrogen (secondary N) is 1. The van der Waals surface area contributed by atoms with Crippen molar-refractivity contribution in [3.63, 3.8) is 0 Å². The summed E-state index contributed by atoms with van der Waals surface area (Å²) in [5, 5.41) is 2.97. The summed E-state index contributed by atoms with van der Waals surface area (Å²) in [6.07, 6.45) is 2.67. The molecule has 0 unspecified atom stereocenters. The fourth-order valence-corrected chi connectivity index (χ4v) is 4.43. The molecule has 2 aromatic rings. The van der Waals surface area contributed by atoms with Gasteiger partial charge in [-0.25, -0.2) is 5.43 Å².